The molecule has 0 amide bonds. The van der Waals surface area contributed by atoms with Crippen LogP contribution in [0.3, 0.4) is 0 Å². The number of nitrogens with zero attached hydrogens (tertiary/aromatic N) is 3. The van der Waals surface area contributed by atoms with Crippen LogP contribution in [-0.4, -0.2) is 19.5 Å². The Morgan fingerprint density at radius 3 is 3.12 bits per heavy atom. The Bertz CT molecular complexity index is 509. The average molecular weight is 216 g/mol. The zero-order valence-corrected chi connectivity index (χ0v) is 9.70. The number of H-pyrrole nitrogens is 1. The summed E-state index contributed by atoms with van der Waals surface area (Å²) in [6, 6.07) is 0. The highest BCUT2D eigenvalue weighted by molar-refractivity contribution is 5.49. The maximum Gasteiger partial charge on any atom is 0.158 e. The van der Waals surface area contributed by atoms with Crippen molar-refractivity contribution in [3.63, 3.8) is 0 Å². The number of fused-ring (bicyclic) bond motifs is 1. The fourth-order valence-corrected chi connectivity index (χ4v) is 2.31. The Morgan fingerprint density at radius 2 is 2.38 bits per heavy atom. The molecule has 2 aromatic heterocycles. The molecule has 0 fully saturated rings. The first-order valence-electron chi connectivity index (χ1n) is 5.78. The van der Waals surface area contributed by atoms with Crippen LogP contribution in [0.4, 0.5) is 0 Å². The molecule has 16 heavy (non-hydrogen) atoms. The molecule has 0 spiro atoms. The van der Waals surface area contributed by atoms with Gasteiger partial charge in [0.1, 0.15) is 5.69 Å². The monoisotopic (exact) mass is 216 g/mol. The molecule has 2 heterocycles. The molecule has 0 saturated heterocycles. The lowest BCUT2D eigenvalue weighted by molar-refractivity contribution is 0.492. The maximum atomic E-state index is 4.64. The Kier molecular flexibility index (Phi) is 2.09. The van der Waals surface area contributed by atoms with Crippen LogP contribution in [-0.2, 0) is 19.9 Å². The third-order valence-corrected chi connectivity index (χ3v) is 3.24. The molecule has 0 bridgehead atoms. The van der Waals surface area contributed by atoms with Crippen molar-refractivity contribution in [2.45, 2.75) is 26.2 Å². The van der Waals surface area contributed by atoms with Gasteiger partial charge in [-0.1, -0.05) is 6.92 Å². The van der Waals surface area contributed by atoms with Gasteiger partial charge in [-0.05, 0) is 25.2 Å². The van der Waals surface area contributed by atoms with Gasteiger partial charge in [0.15, 0.2) is 5.82 Å². The van der Waals surface area contributed by atoms with Gasteiger partial charge in [0.05, 0.1) is 12.0 Å². The van der Waals surface area contributed by atoms with E-state index in [1.54, 1.807) is 6.33 Å². The Balaban J connectivity index is 1.98. The highest BCUT2D eigenvalue weighted by atomic mass is 15.0. The van der Waals surface area contributed by atoms with Crippen LogP contribution in [0.5, 0.6) is 0 Å². The summed E-state index contributed by atoms with van der Waals surface area (Å²) in [5.74, 6) is 1.68. The topological polar surface area (TPSA) is 46.5 Å². The third kappa shape index (κ3) is 1.54. The number of hydrogen-bond donors (Lipinski definition) is 1. The number of imidazole rings is 2. The van der Waals surface area contributed by atoms with Crippen molar-refractivity contribution in [3.05, 3.63) is 23.9 Å². The molecule has 4 heteroatoms. The van der Waals surface area contributed by atoms with Gasteiger partial charge in [-0.25, -0.2) is 9.97 Å². The van der Waals surface area contributed by atoms with Crippen LogP contribution in [0.15, 0.2) is 12.5 Å². The summed E-state index contributed by atoms with van der Waals surface area (Å²) in [6.45, 7) is 2.30. The molecule has 84 valence electrons. The summed E-state index contributed by atoms with van der Waals surface area (Å²) in [4.78, 5) is 12.4. The molecule has 2 aromatic rings. The first-order valence-corrected chi connectivity index (χ1v) is 5.78. The average Bonchev–Trinajstić information content (AvgIpc) is 2.83. The van der Waals surface area contributed by atoms with Crippen LogP contribution >= 0.6 is 0 Å². The van der Waals surface area contributed by atoms with Gasteiger partial charge < -0.3 is 9.55 Å². The van der Waals surface area contributed by atoms with E-state index in [-0.39, 0.29) is 0 Å². The minimum absolute atomic E-state index is 0.768. The van der Waals surface area contributed by atoms with Crippen molar-refractivity contribution in [2.75, 3.05) is 0 Å². The lowest BCUT2D eigenvalue weighted by atomic mass is 9.92. The molecule has 3 rings (SSSR count). The zero-order valence-electron chi connectivity index (χ0n) is 9.70. The first kappa shape index (κ1) is 9.63. The van der Waals surface area contributed by atoms with E-state index in [2.05, 4.69) is 21.9 Å². The van der Waals surface area contributed by atoms with Gasteiger partial charge in [-0.15, -0.1) is 0 Å². The number of aryl methyl sites for hydroxylation is 2. The molecule has 1 N–H and O–H groups in total. The quantitative estimate of drug-likeness (QED) is 0.791. The highest BCUT2D eigenvalue weighted by Gasteiger charge is 2.20. The summed E-state index contributed by atoms with van der Waals surface area (Å²) in [6.07, 6.45) is 7.27. The summed E-state index contributed by atoms with van der Waals surface area (Å²) in [7, 11) is 1.97. The number of hydrogen-bond acceptors (Lipinski definition) is 2. The van der Waals surface area contributed by atoms with Gasteiger partial charge in [0, 0.05) is 18.9 Å². The summed E-state index contributed by atoms with van der Waals surface area (Å²) in [5.41, 5.74) is 3.47. The summed E-state index contributed by atoms with van der Waals surface area (Å²) >= 11 is 0. The highest BCUT2D eigenvalue weighted by Crippen LogP contribution is 2.25. The summed E-state index contributed by atoms with van der Waals surface area (Å²) < 4.78 is 1.94. The molecule has 1 atom stereocenters. The number of aromatic amines is 1. The van der Waals surface area contributed by atoms with Crippen LogP contribution in [0.25, 0.3) is 11.5 Å². The molecule has 0 radical (unpaired) electrons. The fraction of sp³-hybridized carbons (Fsp3) is 0.500. The standard InChI is InChI=1S/C12H16N4/c1-8-3-4-9-10(5-8)15-12(14-9)11-6-16(2)7-13-11/h6-8H,3-5H2,1-2H3,(H,14,15). The summed E-state index contributed by atoms with van der Waals surface area (Å²) in [5, 5.41) is 0. The third-order valence-electron chi connectivity index (χ3n) is 3.24. The van der Waals surface area contributed by atoms with Crippen LogP contribution in [0, 0.1) is 5.92 Å². The van der Waals surface area contributed by atoms with Crippen LogP contribution in [0.1, 0.15) is 24.7 Å². The molecular weight excluding hydrogens is 200 g/mol. The number of nitrogens with one attached hydrogen (secondary N) is 1. The predicted octanol–water partition coefficient (Wildman–Crippen LogP) is 1.93. The van der Waals surface area contributed by atoms with E-state index < -0.39 is 0 Å². The van der Waals surface area contributed by atoms with Gasteiger partial charge in [0.25, 0.3) is 0 Å². The van der Waals surface area contributed by atoms with Crippen molar-refractivity contribution in [1.29, 1.82) is 0 Å². The van der Waals surface area contributed by atoms with Crippen molar-refractivity contribution in [3.8, 4) is 11.5 Å². The minimum atomic E-state index is 0.768. The lowest BCUT2D eigenvalue weighted by Gasteiger charge is -2.15. The zero-order chi connectivity index (χ0) is 11.1. The van der Waals surface area contributed by atoms with E-state index in [0.29, 0.717) is 0 Å². The second kappa shape index (κ2) is 3.47. The molecule has 1 aliphatic carbocycles. The molecule has 0 aromatic carbocycles. The second-order valence-corrected chi connectivity index (χ2v) is 4.78. The van der Waals surface area contributed by atoms with Gasteiger partial charge >= 0.3 is 0 Å². The smallest absolute Gasteiger partial charge is 0.158 e. The lowest BCUT2D eigenvalue weighted by Crippen LogP contribution is -2.10. The van der Waals surface area contributed by atoms with Crippen molar-refractivity contribution in [2.24, 2.45) is 13.0 Å². The Morgan fingerprint density at radius 1 is 1.50 bits per heavy atom. The van der Waals surface area contributed by atoms with Crippen LogP contribution < -0.4 is 0 Å². The van der Waals surface area contributed by atoms with Crippen molar-refractivity contribution in [1.82, 2.24) is 19.5 Å². The molecule has 0 saturated carbocycles. The molecule has 1 aliphatic rings. The molecular formula is C12H16N4. The predicted molar refractivity (Wildman–Crippen MR) is 62.0 cm³/mol. The maximum absolute atomic E-state index is 4.64. The SMILES string of the molecule is CC1CCc2nc(-c3cn(C)cn3)[nH]c2C1. The van der Waals surface area contributed by atoms with Crippen molar-refractivity contribution < 1.29 is 0 Å². The van der Waals surface area contributed by atoms with Gasteiger partial charge in [-0.2, -0.15) is 0 Å². The van der Waals surface area contributed by atoms with Crippen LogP contribution in [0.2, 0.25) is 0 Å². The van der Waals surface area contributed by atoms with E-state index in [0.717, 1.165) is 30.3 Å². The van der Waals surface area contributed by atoms with Gasteiger partial charge in [0.2, 0.25) is 0 Å². The Labute approximate surface area is 94.7 Å². The minimum Gasteiger partial charge on any atom is -0.340 e. The van der Waals surface area contributed by atoms with E-state index in [1.165, 1.54) is 17.8 Å². The second-order valence-electron chi connectivity index (χ2n) is 4.78. The largest absolute Gasteiger partial charge is 0.340 e. The molecule has 4 nitrogen and oxygen atoms in total. The molecule has 0 aliphatic heterocycles. The normalized spacial score (nSPS) is 19.8. The van der Waals surface area contributed by atoms with Crippen molar-refractivity contribution >= 4 is 0 Å². The Hall–Kier alpha value is -1.58. The first-order chi connectivity index (χ1) is 7.72. The van der Waals surface area contributed by atoms with E-state index >= 15 is 0 Å². The fourth-order valence-electron chi connectivity index (χ4n) is 2.31. The van der Waals surface area contributed by atoms with Gasteiger partial charge in [-0.3, -0.25) is 0 Å². The number of rotatable bonds is 1. The van der Waals surface area contributed by atoms with E-state index in [1.807, 2.05) is 17.8 Å². The number of aromatic nitrogens is 4. The molecule has 1 unspecified atom stereocenters. The van der Waals surface area contributed by atoms with E-state index in [9.17, 15) is 0 Å². The van der Waals surface area contributed by atoms with E-state index in [4.69, 9.17) is 0 Å².